The molecule has 0 saturated carbocycles. The fourth-order valence-electron chi connectivity index (χ4n) is 3.72. The van der Waals surface area contributed by atoms with Gasteiger partial charge in [0.2, 0.25) is 21.9 Å². The molecule has 37 heavy (non-hydrogen) atoms. The summed E-state index contributed by atoms with van der Waals surface area (Å²) in [6, 6.07) is 6.14. The molecule has 0 fully saturated rings. The molecule has 0 atom stereocenters. The zero-order valence-corrected chi connectivity index (χ0v) is 20.1. The number of halogens is 5. The summed E-state index contributed by atoms with van der Waals surface area (Å²) in [5.74, 6) is -3.49. The summed E-state index contributed by atoms with van der Waals surface area (Å²) < 4.78 is 93.8. The number of carbonyl (C=O) groups excluding carboxylic acids is 1. The van der Waals surface area contributed by atoms with Gasteiger partial charge >= 0.3 is 6.18 Å². The van der Waals surface area contributed by atoms with E-state index in [1.807, 2.05) is 0 Å². The van der Waals surface area contributed by atoms with E-state index in [0.717, 1.165) is 19.4 Å². The third kappa shape index (κ3) is 5.55. The van der Waals surface area contributed by atoms with Crippen LogP contribution in [0.15, 0.2) is 36.5 Å². The number of alkyl halides is 3. The van der Waals surface area contributed by atoms with Crippen LogP contribution in [0, 0.1) is 11.6 Å². The van der Waals surface area contributed by atoms with Crippen LogP contribution in [0.1, 0.15) is 16.7 Å². The summed E-state index contributed by atoms with van der Waals surface area (Å²) in [5, 5.41) is 7.82. The predicted octanol–water partition coefficient (Wildman–Crippen LogP) is 4.02. The van der Waals surface area contributed by atoms with E-state index in [9.17, 15) is 35.2 Å². The number of rotatable bonds is 7. The summed E-state index contributed by atoms with van der Waals surface area (Å²) in [6.07, 6.45) is -3.52. The molecule has 1 aliphatic rings. The molecule has 9 nitrogen and oxygen atoms in total. The summed E-state index contributed by atoms with van der Waals surface area (Å²) >= 11 is 0. The van der Waals surface area contributed by atoms with E-state index in [-0.39, 0.29) is 23.8 Å². The molecule has 2 aromatic carbocycles. The molecule has 3 N–H and O–H groups in total. The van der Waals surface area contributed by atoms with Crippen LogP contribution in [0.25, 0.3) is 0 Å². The Kier molecular flexibility index (Phi) is 6.66. The highest BCUT2D eigenvalue weighted by atomic mass is 32.2. The highest BCUT2D eigenvalue weighted by molar-refractivity contribution is 7.92. The van der Waals surface area contributed by atoms with E-state index >= 15 is 0 Å². The second kappa shape index (κ2) is 9.46. The summed E-state index contributed by atoms with van der Waals surface area (Å²) in [7, 11) is -2.95. The lowest BCUT2D eigenvalue weighted by Crippen LogP contribution is -2.27. The van der Waals surface area contributed by atoms with Crippen molar-refractivity contribution in [2.24, 2.45) is 0 Å². The number of amides is 1. The van der Waals surface area contributed by atoms with Crippen molar-refractivity contribution in [3.8, 4) is 0 Å². The van der Waals surface area contributed by atoms with Crippen LogP contribution in [0.4, 0.5) is 50.8 Å². The molecule has 0 unspecified atom stereocenters. The second-order valence-corrected chi connectivity index (χ2v) is 10.1. The molecule has 2 heterocycles. The molecule has 0 spiro atoms. The lowest BCUT2D eigenvalue weighted by molar-refractivity contribution is -0.137. The van der Waals surface area contributed by atoms with Crippen LogP contribution in [-0.4, -0.2) is 37.6 Å². The molecular formula is C22H19F5N6O3S. The maximum atomic E-state index is 14.5. The first-order valence-electron chi connectivity index (χ1n) is 10.5. The van der Waals surface area contributed by atoms with Gasteiger partial charge in [-0.1, -0.05) is 6.07 Å². The first-order valence-corrected chi connectivity index (χ1v) is 12.4. The van der Waals surface area contributed by atoms with Gasteiger partial charge in [0.15, 0.2) is 5.82 Å². The molecule has 3 aromatic rings. The fraction of sp³-hybridized carbons (Fsp3) is 0.227. The standard InChI is InChI=1S/C22H19F5N6O3S/c1-33(37(2,35)36)19-11(6-12(23)7-15(19)24)9-28-20-14(22(25,26)27)10-29-21(32-20)31-17-5-3-4-16-13(17)8-18(34)30-16/h3-7,10H,8-9H2,1-2H3,(H,30,34)(H2,28,29,31,32). The summed E-state index contributed by atoms with van der Waals surface area (Å²) in [4.78, 5) is 19.3. The highest BCUT2D eigenvalue weighted by Crippen LogP contribution is 2.36. The van der Waals surface area contributed by atoms with Crippen LogP contribution in [0.5, 0.6) is 0 Å². The van der Waals surface area contributed by atoms with Gasteiger partial charge in [-0.15, -0.1) is 0 Å². The molecule has 15 heteroatoms. The van der Waals surface area contributed by atoms with Gasteiger partial charge in [-0.05, 0) is 18.2 Å². The van der Waals surface area contributed by atoms with Crippen molar-refractivity contribution in [3.05, 3.63) is 64.9 Å². The predicted molar refractivity (Wildman–Crippen MR) is 126 cm³/mol. The van der Waals surface area contributed by atoms with Gasteiger partial charge < -0.3 is 16.0 Å². The van der Waals surface area contributed by atoms with Crippen LogP contribution in [-0.2, 0) is 34.0 Å². The van der Waals surface area contributed by atoms with E-state index in [1.54, 1.807) is 18.2 Å². The zero-order valence-electron chi connectivity index (χ0n) is 19.2. The Morgan fingerprint density at radius 1 is 1.19 bits per heavy atom. The van der Waals surface area contributed by atoms with Gasteiger partial charge in [0.05, 0.1) is 18.4 Å². The Balaban J connectivity index is 1.69. The first-order chi connectivity index (χ1) is 17.2. The number of anilines is 5. The van der Waals surface area contributed by atoms with Gasteiger partial charge in [0, 0.05) is 48.4 Å². The maximum Gasteiger partial charge on any atom is 0.421 e. The van der Waals surface area contributed by atoms with E-state index in [0.29, 0.717) is 33.5 Å². The second-order valence-electron chi connectivity index (χ2n) is 8.11. The Morgan fingerprint density at radius 3 is 2.59 bits per heavy atom. The lowest BCUT2D eigenvalue weighted by atomic mass is 10.1. The van der Waals surface area contributed by atoms with Crippen molar-refractivity contribution >= 4 is 44.8 Å². The topological polar surface area (TPSA) is 116 Å². The number of aromatic nitrogens is 2. The van der Waals surface area contributed by atoms with Crippen molar-refractivity contribution in [1.29, 1.82) is 0 Å². The van der Waals surface area contributed by atoms with Crippen molar-refractivity contribution < 1.29 is 35.2 Å². The van der Waals surface area contributed by atoms with Gasteiger partial charge in [-0.25, -0.2) is 22.2 Å². The van der Waals surface area contributed by atoms with Crippen molar-refractivity contribution in [1.82, 2.24) is 9.97 Å². The van der Waals surface area contributed by atoms with Crippen LogP contribution < -0.4 is 20.3 Å². The number of fused-ring (bicyclic) bond motifs is 1. The molecule has 0 saturated heterocycles. The smallest absolute Gasteiger partial charge is 0.365 e. The van der Waals surface area contributed by atoms with Gasteiger partial charge in [-0.2, -0.15) is 18.2 Å². The van der Waals surface area contributed by atoms with Crippen LogP contribution in [0.2, 0.25) is 0 Å². The lowest BCUT2D eigenvalue weighted by Gasteiger charge is -2.22. The largest absolute Gasteiger partial charge is 0.421 e. The number of nitrogens with zero attached hydrogens (tertiary/aromatic N) is 3. The van der Waals surface area contributed by atoms with Crippen molar-refractivity contribution in [2.45, 2.75) is 19.1 Å². The number of hydrogen-bond donors (Lipinski definition) is 3. The minimum absolute atomic E-state index is 0.0476. The number of hydrogen-bond acceptors (Lipinski definition) is 7. The molecule has 4 rings (SSSR count). The Hall–Kier alpha value is -4.01. The fourth-order valence-corrected chi connectivity index (χ4v) is 4.26. The average Bonchev–Trinajstić information content (AvgIpc) is 3.17. The number of nitrogens with one attached hydrogen (secondary N) is 3. The van der Waals surface area contributed by atoms with Crippen LogP contribution >= 0.6 is 0 Å². The normalized spacial score (nSPS) is 13.2. The minimum atomic E-state index is -4.88. The molecule has 1 amide bonds. The van der Waals surface area contributed by atoms with Crippen molar-refractivity contribution in [3.63, 3.8) is 0 Å². The van der Waals surface area contributed by atoms with E-state index < -0.39 is 51.4 Å². The Labute approximate surface area is 207 Å². The van der Waals surface area contributed by atoms with Crippen LogP contribution in [0.3, 0.4) is 0 Å². The quantitative estimate of drug-likeness (QED) is 0.386. The molecule has 1 aromatic heterocycles. The monoisotopic (exact) mass is 542 g/mol. The zero-order chi connectivity index (χ0) is 27.1. The highest BCUT2D eigenvalue weighted by Gasteiger charge is 2.35. The molecule has 0 aliphatic carbocycles. The minimum Gasteiger partial charge on any atom is -0.365 e. The number of benzene rings is 2. The molecular weight excluding hydrogens is 523 g/mol. The third-order valence-electron chi connectivity index (χ3n) is 5.49. The first kappa shape index (κ1) is 26.1. The van der Waals surface area contributed by atoms with Gasteiger partial charge in [-0.3, -0.25) is 9.10 Å². The average molecular weight is 542 g/mol. The molecule has 1 aliphatic heterocycles. The Morgan fingerprint density at radius 2 is 1.92 bits per heavy atom. The summed E-state index contributed by atoms with van der Waals surface area (Å²) in [6.45, 7) is -0.609. The van der Waals surface area contributed by atoms with Crippen molar-refractivity contribution in [2.75, 3.05) is 33.6 Å². The molecule has 196 valence electrons. The van der Waals surface area contributed by atoms with Gasteiger partial charge in [0.25, 0.3) is 0 Å². The summed E-state index contributed by atoms with van der Waals surface area (Å²) in [5.41, 5.74) is -0.550. The maximum absolute atomic E-state index is 14.5. The van der Waals surface area contributed by atoms with E-state index in [2.05, 4.69) is 25.9 Å². The Bertz CT molecular complexity index is 1500. The van der Waals surface area contributed by atoms with E-state index in [4.69, 9.17) is 0 Å². The SMILES string of the molecule is CN(c1c(F)cc(F)cc1CNc1nc(Nc2cccc3c2CC(=O)N3)ncc1C(F)(F)F)S(C)(=O)=O. The third-order valence-corrected chi connectivity index (χ3v) is 6.67. The number of sulfonamides is 1. The van der Waals surface area contributed by atoms with Gasteiger partial charge in [0.1, 0.15) is 17.2 Å². The number of carbonyl (C=O) groups is 1. The van der Waals surface area contributed by atoms with E-state index in [1.165, 1.54) is 0 Å². The molecule has 0 bridgehead atoms. The molecule has 0 radical (unpaired) electrons.